The number of methoxy groups -OCH3 is 1. The van der Waals surface area contributed by atoms with E-state index in [2.05, 4.69) is 35.1 Å². The Balaban J connectivity index is 0.00000392. The minimum absolute atomic E-state index is 0. The van der Waals surface area contributed by atoms with Crippen LogP contribution in [0.3, 0.4) is 0 Å². The predicted molar refractivity (Wildman–Crippen MR) is 127 cm³/mol. The van der Waals surface area contributed by atoms with Crippen molar-refractivity contribution < 1.29 is 9.47 Å². The molecule has 0 aliphatic carbocycles. The van der Waals surface area contributed by atoms with Crippen LogP contribution in [0, 0.1) is 0 Å². The van der Waals surface area contributed by atoms with Gasteiger partial charge in [0, 0.05) is 44.9 Å². The Morgan fingerprint density at radius 3 is 2.75 bits per heavy atom. The number of likely N-dealkylation sites (tertiary alicyclic amines) is 1. The standard InChI is InChI=1S/C21H34N4O2.HI/c1-4-15-27-20-9-7-6-8-18(20)17-23-21(22-5-2)24-19-10-12-25(13-11-19)14-16-26-3;/h4,6-9,19H,1,5,10-17H2,2-3H3,(H2,22,23,24);1H. The number of halogens is 1. The third-order valence-corrected chi connectivity index (χ3v) is 4.62. The van der Waals surface area contributed by atoms with Crippen molar-refractivity contribution in [1.29, 1.82) is 0 Å². The van der Waals surface area contributed by atoms with Gasteiger partial charge in [-0.3, -0.25) is 0 Å². The molecule has 1 saturated heterocycles. The molecule has 0 bridgehead atoms. The van der Waals surface area contributed by atoms with E-state index in [1.54, 1.807) is 13.2 Å². The fraction of sp³-hybridized carbons (Fsp3) is 0.571. The number of piperidine rings is 1. The van der Waals surface area contributed by atoms with Gasteiger partial charge in [-0.05, 0) is 25.8 Å². The number of nitrogens with one attached hydrogen (secondary N) is 2. The number of ether oxygens (including phenoxy) is 2. The molecule has 1 aliphatic rings. The van der Waals surface area contributed by atoms with Crippen LogP contribution in [0.15, 0.2) is 41.9 Å². The van der Waals surface area contributed by atoms with Crippen molar-refractivity contribution in [3.8, 4) is 5.75 Å². The molecule has 1 fully saturated rings. The van der Waals surface area contributed by atoms with Crippen molar-refractivity contribution in [2.24, 2.45) is 4.99 Å². The number of rotatable bonds is 10. The lowest BCUT2D eigenvalue weighted by atomic mass is 10.1. The average molecular weight is 502 g/mol. The molecule has 0 saturated carbocycles. The highest BCUT2D eigenvalue weighted by atomic mass is 127. The maximum Gasteiger partial charge on any atom is 0.191 e. The van der Waals surface area contributed by atoms with Gasteiger partial charge in [0.05, 0.1) is 13.2 Å². The van der Waals surface area contributed by atoms with Gasteiger partial charge in [0.25, 0.3) is 0 Å². The third kappa shape index (κ3) is 8.79. The normalized spacial score (nSPS) is 15.6. The molecule has 0 atom stereocenters. The number of aliphatic imine (C=N–C) groups is 1. The zero-order chi connectivity index (χ0) is 19.3. The van der Waals surface area contributed by atoms with Crippen molar-refractivity contribution in [3.63, 3.8) is 0 Å². The number of hydrogen-bond acceptors (Lipinski definition) is 4. The van der Waals surface area contributed by atoms with Crippen molar-refractivity contribution in [3.05, 3.63) is 42.5 Å². The van der Waals surface area contributed by atoms with E-state index in [4.69, 9.17) is 14.5 Å². The van der Waals surface area contributed by atoms with E-state index >= 15 is 0 Å². The fourth-order valence-corrected chi connectivity index (χ4v) is 3.12. The summed E-state index contributed by atoms with van der Waals surface area (Å²) in [5.41, 5.74) is 1.07. The van der Waals surface area contributed by atoms with Crippen LogP contribution in [-0.2, 0) is 11.3 Å². The first-order valence-electron chi connectivity index (χ1n) is 9.84. The molecule has 0 spiro atoms. The van der Waals surface area contributed by atoms with E-state index in [-0.39, 0.29) is 24.0 Å². The van der Waals surface area contributed by atoms with E-state index in [9.17, 15) is 0 Å². The molecule has 2 N–H and O–H groups in total. The van der Waals surface area contributed by atoms with E-state index in [1.165, 1.54) is 0 Å². The largest absolute Gasteiger partial charge is 0.489 e. The lowest BCUT2D eigenvalue weighted by Gasteiger charge is -2.32. The molecule has 1 aliphatic heterocycles. The molecule has 0 amide bonds. The molecule has 6 nitrogen and oxygen atoms in total. The van der Waals surface area contributed by atoms with Crippen molar-refractivity contribution in [1.82, 2.24) is 15.5 Å². The van der Waals surface area contributed by atoms with Crippen molar-refractivity contribution in [2.75, 3.05) is 46.5 Å². The molecule has 28 heavy (non-hydrogen) atoms. The Hall–Kier alpha value is -1.32. The Morgan fingerprint density at radius 2 is 2.07 bits per heavy atom. The molecule has 0 aromatic heterocycles. The van der Waals surface area contributed by atoms with Crippen molar-refractivity contribution in [2.45, 2.75) is 32.4 Å². The van der Waals surface area contributed by atoms with Crippen LogP contribution in [-0.4, -0.2) is 63.4 Å². The Kier molecular flexibility index (Phi) is 12.9. The van der Waals surface area contributed by atoms with E-state index in [1.807, 2.05) is 18.2 Å². The number of guanidine groups is 1. The molecule has 1 aromatic rings. The lowest BCUT2D eigenvalue weighted by Crippen LogP contribution is -2.49. The fourth-order valence-electron chi connectivity index (χ4n) is 3.12. The maximum absolute atomic E-state index is 5.73. The van der Waals surface area contributed by atoms with Gasteiger partial charge in [0.15, 0.2) is 5.96 Å². The first kappa shape index (κ1) is 24.7. The van der Waals surface area contributed by atoms with Crippen molar-refractivity contribution >= 4 is 29.9 Å². The van der Waals surface area contributed by atoms with Gasteiger partial charge in [-0.1, -0.05) is 30.9 Å². The summed E-state index contributed by atoms with van der Waals surface area (Å²) >= 11 is 0. The zero-order valence-corrected chi connectivity index (χ0v) is 19.5. The lowest BCUT2D eigenvalue weighted by molar-refractivity contribution is 0.128. The number of nitrogens with zero attached hydrogens (tertiary/aromatic N) is 2. The Labute approximate surface area is 186 Å². The summed E-state index contributed by atoms with van der Waals surface area (Å²) in [4.78, 5) is 7.23. The summed E-state index contributed by atoms with van der Waals surface area (Å²) in [7, 11) is 1.76. The van der Waals surface area contributed by atoms with Gasteiger partial charge >= 0.3 is 0 Å². The number of hydrogen-bond donors (Lipinski definition) is 2. The number of benzene rings is 1. The van der Waals surface area contributed by atoms with Crippen LogP contribution >= 0.6 is 24.0 Å². The summed E-state index contributed by atoms with van der Waals surface area (Å²) in [6.45, 7) is 11.7. The van der Waals surface area contributed by atoms with Gasteiger partial charge in [-0.25, -0.2) is 4.99 Å². The molecule has 7 heteroatoms. The summed E-state index contributed by atoms with van der Waals surface area (Å²) in [5.74, 6) is 1.73. The SMILES string of the molecule is C=CCOc1ccccc1CN=C(NCC)NC1CCN(CCOC)CC1.I. The Bertz CT molecular complexity index is 590. The van der Waals surface area contributed by atoms with Crippen LogP contribution in [0.4, 0.5) is 0 Å². The van der Waals surface area contributed by atoms with Crippen LogP contribution in [0.5, 0.6) is 5.75 Å². The van der Waals surface area contributed by atoms with Crippen LogP contribution < -0.4 is 15.4 Å². The average Bonchev–Trinajstić information content (AvgIpc) is 2.70. The topological polar surface area (TPSA) is 58.1 Å². The van der Waals surface area contributed by atoms with E-state index < -0.39 is 0 Å². The predicted octanol–water partition coefficient (Wildman–Crippen LogP) is 3.04. The molecular formula is C21H35IN4O2. The molecule has 1 aromatic carbocycles. The molecule has 158 valence electrons. The molecule has 2 rings (SSSR count). The molecule has 1 heterocycles. The highest BCUT2D eigenvalue weighted by molar-refractivity contribution is 14.0. The third-order valence-electron chi connectivity index (χ3n) is 4.62. The van der Waals surface area contributed by atoms with Gasteiger partial charge in [0.1, 0.15) is 12.4 Å². The summed E-state index contributed by atoms with van der Waals surface area (Å²) < 4.78 is 10.9. The summed E-state index contributed by atoms with van der Waals surface area (Å²) in [5, 5.41) is 6.95. The van der Waals surface area contributed by atoms with E-state index in [0.717, 1.165) is 62.9 Å². The summed E-state index contributed by atoms with van der Waals surface area (Å²) in [6.07, 6.45) is 3.99. The second-order valence-electron chi connectivity index (χ2n) is 6.66. The monoisotopic (exact) mass is 502 g/mol. The highest BCUT2D eigenvalue weighted by Crippen LogP contribution is 2.19. The van der Waals surface area contributed by atoms with E-state index in [0.29, 0.717) is 19.2 Å². The Morgan fingerprint density at radius 1 is 1.32 bits per heavy atom. The van der Waals surface area contributed by atoms with Gasteiger partial charge in [0.2, 0.25) is 0 Å². The first-order valence-corrected chi connectivity index (χ1v) is 9.84. The quantitative estimate of drug-likeness (QED) is 0.223. The zero-order valence-electron chi connectivity index (χ0n) is 17.2. The van der Waals surface area contributed by atoms with Gasteiger partial charge < -0.3 is 25.0 Å². The smallest absolute Gasteiger partial charge is 0.191 e. The molecule has 0 unspecified atom stereocenters. The maximum atomic E-state index is 5.73. The van der Waals surface area contributed by atoms with Gasteiger partial charge in [-0.2, -0.15) is 0 Å². The van der Waals surface area contributed by atoms with Gasteiger partial charge in [-0.15, -0.1) is 24.0 Å². The minimum atomic E-state index is 0. The summed E-state index contributed by atoms with van der Waals surface area (Å²) in [6, 6.07) is 8.48. The molecule has 0 radical (unpaired) electrons. The molecular weight excluding hydrogens is 467 g/mol. The first-order chi connectivity index (χ1) is 13.3. The van der Waals surface area contributed by atoms with Crippen LogP contribution in [0.2, 0.25) is 0 Å². The minimum Gasteiger partial charge on any atom is -0.489 e. The van der Waals surface area contributed by atoms with Crippen LogP contribution in [0.25, 0.3) is 0 Å². The highest BCUT2D eigenvalue weighted by Gasteiger charge is 2.19. The number of para-hydroxylation sites is 1. The second-order valence-corrected chi connectivity index (χ2v) is 6.66. The van der Waals surface area contributed by atoms with Crippen LogP contribution in [0.1, 0.15) is 25.3 Å². The second kappa shape index (κ2) is 14.6.